The zero-order valence-electron chi connectivity index (χ0n) is 25.4. The van der Waals surface area contributed by atoms with Crippen LogP contribution in [0.4, 0.5) is 4.79 Å². The van der Waals surface area contributed by atoms with E-state index in [0.717, 1.165) is 10.5 Å². The van der Waals surface area contributed by atoms with Gasteiger partial charge in [0.05, 0.1) is 18.8 Å². The molecule has 0 aliphatic rings. The van der Waals surface area contributed by atoms with Crippen LogP contribution in [0.1, 0.15) is 44.4 Å². The van der Waals surface area contributed by atoms with Crippen molar-refractivity contribution in [1.82, 2.24) is 16.0 Å². The third-order valence-electron chi connectivity index (χ3n) is 6.65. The van der Waals surface area contributed by atoms with Crippen LogP contribution in [0.2, 0.25) is 0 Å². The second kappa shape index (κ2) is 17.4. The van der Waals surface area contributed by atoms with Crippen molar-refractivity contribution in [2.75, 3.05) is 18.9 Å². The van der Waals surface area contributed by atoms with E-state index in [1.54, 1.807) is 45.0 Å². The number of aliphatic hydroxyl groups is 2. The van der Waals surface area contributed by atoms with Gasteiger partial charge in [0, 0.05) is 23.1 Å². The van der Waals surface area contributed by atoms with Gasteiger partial charge in [0.2, 0.25) is 11.8 Å². The van der Waals surface area contributed by atoms with Gasteiger partial charge in [0.25, 0.3) is 0 Å². The van der Waals surface area contributed by atoms with E-state index < -0.39 is 47.6 Å². The number of ether oxygens (including phenoxy) is 1. The lowest BCUT2D eigenvalue weighted by atomic mass is 9.93. The molecule has 0 aliphatic heterocycles. The molecule has 0 saturated carbocycles. The molecule has 5 N–H and O–H groups in total. The molecule has 0 aliphatic carbocycles. The van der Waals surface area contributed by atoms with Crippen LogP contribution in [0, 0.1) is 5.92 Å². The molecule has 3 rings (SSSR count). The van der Waals surface area contributed by atoms with Gasteiger partial charge >= 0.3 is 6.09 Å². The van der Waals surface area contributed by atoms with Gasteiger partial charge in [-0.05, 0) is 56.9 Å². The lowest BCUT2D eigenvalue weighted by Crippen LogP contribution is -2.49. The van der Waals surface area contributed by atoms with Crippen molar-refractivity contribution in [2.45, 2.75) is 62.3 Å². The Morgan fingerprint density at radius 3 is 2.02 bits per heavy atom. The molecule has 3 amide bonds. The second-order valence-corrected chi connectivity index (χ2v) is 12.5. The molecule has 3 aromatic carbocycles. The molecule has 10 heteroatoms. The molecule has 0 unspecified atom stereocenters. The summed E-state index contributed by atoms with van der Waals surface area (Å²) in [5, 5.41) is 29.1. The van der Waals surface area contributed by atoms with Gasteiger partial charge in [0.15, 0.2) is 0 Å². The summed E-state index contributed by atoms with van der Waals surface area (Å²) < 4.78 is 5.47. The van der Waals surface area contributed by atoms with Crippen LogP contribution in [0.15, 0.2) is 95.9 Å². The Labute approximate surface area is 263 Å². The van der Waals surface area contributed by atoms with E-state index >= 15 is 0 Å². The monoisotopic (exact) mass is 621 g/mol. The smallest absolute Gasteiger partial charge is 0.407 e. The Balaban J connectivity index is 1.86. The Morgan fingerprint density at radius 1 is 0.841 bits per heavy atom. The molecule has 3 aromatic rings. The van der Waals surface area contributed by atoms with Crippen molar-refractivity contribution < 1.29 is 29.3 Å². The molecule has 0 heterocycles. The van der Waals surface area contributed by atoms with Crippen LogP contribution in [0.25, 0.3) is 0 Å². The lowest BCUT2D eigenvalue weighted by molar-refractivity contribution is -0.131. The largest absolute Gasteiger partial charge is 0.444 e. The number of carbonyl (C=O) groups excluding carboxylic acids is 3. The first-order chi connectivity index (χ1) is 21.1. The van der Waals surface area contributed by atoms with E-state index in [2.05, 4.69) is 16.0 Å². The number of nitrogens with one attached hydrogen (secondary N) is 3. The van der Waals surface area contributed by atoms with Crippen molar-refractivity contribution in [2.24, 2.45) is 5.92 Å². The first-order valence-corrected chi connectivity index (χ1v) is 15.7. The Kier molecular flexibility index (Phi) is 13.7. The number of benzene rings is 3. The summed E-state index contributed by atoms with van der Waals surface area (Å²) in [6, 6.07) is 26.1. The maximum Gasteiger partial charge on any atom is 0.407 e. The SMILES string of the molecule is CC(C)(C)OC(=O)N[C@@H](Cc1ccccc1)[C@@H](O)C[C@@H](CSc1ccccc1)C(=O)N[C@H](C(=O)NCCO)c1ccccc1. The number of hydrogen-bond acceptors (Lipinski definition) is 7. The van der Waals surface area contributed by atoms with Crippen molar-refractivity contribution in [3.63, 3.8) is 0 Å². The molecule has 0 aromatic heterocycles. The van der Waals surface area contributed by atoms with Crippen LogP contribution in [-0.4, -0.2) is 64.8 Å². The summed E-state index contributed by atoms with van der Waals surface area (Å²) in [6.07, 6.45) is -1.45. The fourth-order valence-corrected chi connectivity index (χ4v) is 5.55. The van der Waals surface area contributed by atoms with Crippen LogP contribution in [0.3, 0.4) is 0 Å². The van der Waals surface area contributed by atoms with Crippen molar-refractivity contribution in [3.05, 3.63) is 102 Å². The first kappa shape index (κ1) is 34.6. The minimum absolute atomic E-state index is 0.0126. The molecule has 0 radical (unpaired) electrons. The summed E-state index contributed by atoms with van der Waals surface area (Å²) in [5.74, 6) is -1.29. The minimum atomic E-state index is -1.12. The van der Waals surface area contributed by atoms with E-state index in [1.165, 1.54) is 11.8 Å². The highest BCUT2D eigenvalue weighted by Gasteiger charge is 2.32. The number of amides is 3. The number of alkyl carbamates (subject to hydrolysis) is 1. The molecule has 44 heavy (non-hydrogen) atoms. The summed E-state index contributed by atoms with van der Waals surface area (Å²) >= 11 is 1.46. The number of aliphatic hydroxyl groups excluding tert-OH is 2. The van der Waals surface area contributed by atoms with E-state index in [0.29, 0.717) is 17.7 Å². The maximum atomic E-state index is 13.9. The average molecular weight is 622 g/mol. The highest BCUT2D eigenvalue weighted by Crippen LogP contribution is 2.25. The van der Waals surface area contributed by atoms with Gasteiger partial charge in [-0.2, -0.15) is 0 Å². The van der Waals surface area contributed by atoms with E-state index in [-0.39, 0.29) is 19.6 Å². The van der Waals surface area contributed by atoms with Crippen molar-refractivity contribution in [1.29, 1.82) is 0 Å². The Bertz CT molecular complexity index is 1300. The molecule has 0 saturated heterocycles. The van der Waals surface area contributed by atoms with Crippen molar-refractivity contribution >= 4 is 29.7 Å². The summed E-state index contributed by atoms with van der Waals surface area (Å²) in [6.45, 7) is 5.08. The zero-order chi connectivity index (χ0) is 32.0. The molecule has 0 spiro atoms. The summed E-state index contributed by atoms with van der Waals surface area (Å²) in [7, 11) is 0. The fraction of sp³-hybridized carbons (Fsp3) is 0.382. The molecule has 9 nitrogen and oxygen atoms in total. The summed E-state index contributed by atoms with van der Waals surface area (Å²) in [5.41, 5.74) is 0.751. The Morgan fingerprint density at radius 2 is 1.43 bits per heavy atom. The Hall–Kier alpha value is -3.86. The van der Waals surface area contributed by atoms with E-state index in [1.807, 2.05) is 66.7 Å². The number of hydrogen-bond donors (Lipinski definition) is 5. The van der Waals surface area contributed by atoms with Gasteiger partial charge in [-0.25, -0.2) is 4.79 Å². The quantitative estimate of drug-likeness (QED) is 0.160. The zero-order valence-corrected chi connectivity index (χ0v) is 26.3. The standard InChI is InChI=1S/C34H43N3O6S/c1-34(2,3)43-33(42)36-28(21-24-13-7-4-8-14-24)29(39)22-26(23-44-27-17-11-6-12-18-27)31(40)37-30(32(41)35-19-20-38)25-15-9-5-10-16-25/h4-18,26,28-30,38-39H,19-23H2,1-3H3,(H,35,41)(H,36,42)(H,37,40)/t26-,28-,29-,30-/m0/s1. The minimum Gasteiger partial charge on any atom is -0.444 e. The number of thioether (sulfide) groups is 1. The predicted octanol–water partition coefficient (Wildman–Crippen LogP) is 4.25. The molecule has 0 bridgehead atoms. The van der Waals surface area contributed by atoms with Gasteiger partial charge in [-0.1, -0.05) is 78.9 Å². The average Bonchev–Trinajstić information content (AvgIpc) is 3.00. The highest BCUT2D eigenvalue weighted by molar-refractivity contribution is 7.99. The first-order valence-electron chi connectivity index (χ1n) is 14.7. The van der Waals surface area contributed by atoms with Crippen LogP contribution < -0.4 is 16.0 Å². The molecular formula is C34H43N3O6S. The third-order valence-corrected chi connectivity index (χ3v) is 7.82. The third kappa shape index (κ3) is 12.0. The molecule has 4 atom stereocenters. The number of rotatable bonds is 15. The van der Waals surface area contributed by atoms with E-state index in [9.17, 15) is 24.6 Å². The van der Waals surface area contributed by atoms with Crippen LogP contribution >= 0.6 is 11.8 Å². The molecule has 0 fully saturated rings. The fourth-order valence-electron chi connectivity index (χ4n) is 4.52. The van der Waals surface area contributed by atoms with Gasteiger partial charge < -0.3 is 30.9 Å². The molecule has 236 valence electrons. The summed E-state index contributed by atoms with van der Waals surface area (Å²) in [4.78, 5) is 40.7. The number of carbonyl (C=O) groups is 3. The van der Waals surface area contributed by atoms with Gasteiger partial charge in [-0.15, -0.1) is 11.8 Å². The van der Waals surface area contributed by atoms with E-state index in [4.69, 9.17) is 4.74 Å². The van der Waals surface area contributed by atoms with Gasteiger partial charge in [0.1, 0.15) is 11.6 Å². The molecular weight excluding hydrogens is 578 g/mol. The van der Waals surface area contributed by atoms with Crippen molar-refractivity contribution in [3.8, 4) is 0 Å². The van der Waals surface area contributed by atoms with Crippen LogP contribution in [0.5, 0.6) is 0 Å². The normalized spacial score (nSPS) is 14.0. The van der Waals surface area contributed by atoms with Crippen LogP contribution in [-0.2, 0) is 20.7 Å². The maximum absolute atomic E-state index is 13.9. The highest BCUT2D eigenvalue weighted by atomic mass is 32.2. The second-order valence-electron chi connectivity index (χ2n) is 11.4. The topological polar surface area (TPSA) is 137 Å². The predicted molar refractivity (Wildman–Crippen MR) is 172 cm³/mol. The lowest BCUT2D eigenvalue weighted by Gasteiger charge is -2.29. The van der Waals surface area contributed by atoms with Gasteiger partial charge in [-0.3, -0.25) is 9.59 Å².